The molecule has 1 heterocycles. The predicted octanol–water partition coefficient (Wildman–Crippen LogP) is 2.51. The summed E-state index contributed by atoms with van der Waals surface area (Å²) in [5.74, 6) is 2.50. The van der Waals surface area contributed by atoms with Crippen LogP contribution >= 0.6 is 11.8 Å². The van der Waals surface area contributed by atoms with Crippen LogP contribution in [0, 0.1) is 0 Å². The lowest BCUT2D eigenvalue weighted by molar-refractivity contribution is 0.310. The molecule has 1 N–H and O–H groups in total. The van der Waals surface area contributed by atoms with Crippen molar-refractivity contribution in [2.45, 2.75) is 0 Å². The summed E-state index contributed by atoms with van der Waals surface area (Å²) in [6.07, 6.45) is 0. The predicted molar refractivity (Wildman–Crippen MR) is 73.6 cm³/mol. The summed E-state index contributed by atoms with van der Waals surface area (Å²) in [5, 5.41) is 8.10. The highest BCUT2D eigenvalue weighted by molar-refractivity contribution is 7.99. The largest absolute Gasteiger partial charge is 0.300 e. The molecule has 1 aliphatic rings. The highest BCUT2D eigenvalue weighted by atomic mass is 32.2. The van der Waals surface area contributed by atoms with Gasteiger partial charge in [0.1, 0.15) is 0 Å². The van der Waals surface area contributed by atoms with E-state index in [2.05, 4.69) is 20.7 Å². The molecule has 0 unspecified atom stereocenters. The molecule has 1 saturated heterocycles. The van der Waals surface area contributed by atoms with E-state index in [4.69, 9.17) is 0 Å². The molecule has 0 aromatic heterocycles. The lowest BCUT2D eigenvalue weighted by atomic mass is 10.3. The smallest absolute Gasteiger partial charge is 0.0747 e. The second-order valence-electron chi connectivity index (χ2n) is 3.90. The third kappa shape index (κ3) is 4.75. The topological polar surface area (TPSA) is 40.0 Å². The van der Waals surface area contributed by atoms with Gasteiger partial charge in [0.25, 0.3) is 0 Å². The van der Waals surface area contributed by atoms with Crippen LogP contribution < -0.4 is 5.43 Å². The average molecular weight is 250 g/mol. The van der Waals surface area contributed by atoms with E-state index in [1.54, 1.807) is 0 Å². The van der Waals surface area contributed by atoms with Crippen LogP contribution in [0.3, 0.4) is 0 Å². The summed E-state index contributed by atoms with van der Waals surface area (Å²) in [5.41, 5.74) is 3.90. The highest BCUT2D eigenvalue weighted by Crippen LogP contribution is 2.08. The van der Waals surface area contributed by atoms with Gasteiger partial charge in [-0.2, -0.15) is 16.9 Å². The number of anilines is 1. The Kier molecular flexibility index (Phi) is 5.32. The van der Waals surface area contributed by atoms with Crippen LogP contribution in [0.5, 0.6) is 0 Å². The van der Waals surface area contributed by atoms with Gasteiger partial charge in [0.15, 0.2) is 0 Å². The fourth-order valence-corrected chi connectivity index (χ4v) is 2.65. The zero-order valence-corrected chi connectivity index (χ0v) is 10.7. The van der Waals surface area contributed by atoms with Gasteiger partial charge in [-0.15, -0.1) is 0 Å². The van der Waals surface area contributed by atoms with Crippen molar-refractivity contribution in [3.05, 3.63) is 30.3 Å². The molecular formula is C12H18N4S. The van der Waals surface area contributed by atoms with Crippen molar-refractivity contribution in [1.82, 2.24) is 4.90 Å². The molecule has 1 aromatic carbocycles. The monoisotopic (exact) mass is 250 g/mol. The van der Waals surface area contributed by atoms with Gasteiger partial charge in [-0.05, 0) is 12.1 Å². The maximum absolute atomic E-state index is 4.13. The number of thioether (sulfide) groups is 1. The number of hydrogen-bond acceptors (Lipinski definition) is 4. The van der Waals surface area contributed by atoms with Crippen LogP contribution in [0.15, 0.2) is 40.7 Å². The Bertz CT molecular complexity index is 336. The zero-order chi connectivity index (χ0) is 11.8. The standard InChI is InChI=1S/C12H18N4S/c1-2-4-12(5-3-1)14-15-13-6-7-16-8-10-17-11-9-16/h1-5H,6-11H2,(H,13,14). The van der Waals surface area contributed by atoms with E-state index >= 15 is 0 Å². The van der Waals surface area contributed by atoms with Gasteiger partial charge in [-0.1, -0.05) is 23.4 Å². The van der Waals surface area contributed by atoms with E-state index in [0.29, 0.717) is 0 Å². The van der Waals surface area contributed by atoms with Crippen LogP contribution in [-0.2, 0) is 0 Å². The highest BCUT2D eigenvalue weighted by Gasteiger charge is 2.08. The van der Waals surface area contributed by atoms with Gasteiger partial charge in [-0.3, -0.25) is 10.3 Å². The van der Waals surface area contributed by atoms with Gasteiger partial charge in [0, 0.05) is 31.1 Å². The van der Waals surface area contributed by atoms with Crippen molar-refractivity contribution in [2.75, 3.05) is 43.1 Å². The first-order valence-electron chi connectivity index (χ1n) is 5.93. The maximum atomic E-state index is 4.13. The summed E-state index contributed by atoms with van der Waals surface area (Å²) in [4.78, 5) is 2.44. The molecule has 0 radical (unpaired) electrons. The minimum atomic E-state index is 0.768. The molecule has 0 spiro atoms. The van der Waals surface area contributed by atoms with Gasteiger partial charge in [0.05, 0.1) is 12.2 Å². The first kappa shape index (κ1) is 12.4. The quantitative estimate of drug-likeness (QED) is 0.645. The number of hydrogen-bond donors (Lipinski definition) is 1. The number of nitrogens with zero attached hydrogens (tertiary/aromatic N) is 3. The molecule has 0 aliphatic carbocycles. The molecule has 4 nitrogen and oxygen atoms in total. The Hall–Kier alpha value is -1.07. The summed E-state index contributed by atoms with van der Waals surface area (Å²) in [6, 6.07) is 9.88. The third-order valence-electron chi connectivity index (χ3n) is 2.64. The lowest BCUT2D eigenvalue weighted by Crippen LogP contribution is -2.34. The molecule has 0 saturated carbocycles. The number of benzene rings is 1. The summed E-state index contributed by atoms with van der Waals surface area (Å²) >= 11 is 2.03. The number of nitrogens with one attached hydrogen (secondary N) is 1. The minimum absolute atomic E-state index is 0.768. The molecule has 2 rings (SSSR count). The van der Waals surface area contributed by atoms with Crippen LogP contribution in [0.4, 0.5) is 5.69 Å². The Morgan fingerprint density at radius 2 is 1.94 bits per heavy atom. The normalized spacial score (nSPS) is 17.4. The molecule has 1 aliphatic heterocycles. The van der Waals surface area contributed by atoms with E-state index in [-0.39, 0.29) is 0 Å². The average Bonchev–Trinajstić information content (AvgIpc) is 2.41. The fourth-order valence-electron chi connectivity index (χ4n) is 1.67. The van der Waals surface area contributed by atoms with Crippen LogP contribution in [-0.4, -0.2) is 42.6 Å². The number of para-hydroxylation sites is 1. The molecule has 17 heavy (non-hydrogen) atoms. The van der Waals surface area contributed by atoms with Crippen LogP contribution in [0.1, 0.15) is 0 Å². The van der Waals surface area contributed by atoms with Crippen molar-refractivity contribution in [3.63, 3.8) is 0 Å². The molecule has 1 aromatic rings. The fraction of sp³-hybridized carbons (Fsp3) is 0.500. The summed E-state index contributed by atoms with van der Waals surface area (Å²) < 4.78 is 0. The molecule has 5 heteroatoms. The van der Waals surface area contributed by atoms with Crippen molar-refractivity contribution in [3.8, 4) is 0 Å². The second kappa shape index (κ2) is 7.29. The minimum Gasteiger partial charge on any atom is -0.300 e. The first-order valence-corrected chi connectivity index (χ1v) is 7.08. The van der Waals surface area contributed by atoms with Crippen molar-refractivity contribution >= 4 is 17.4 Å². The third-order valence-corrected chi connectivity index (χ3v) is 3.59. The van der Waals surface area contributed by atoms with Gasteiger partial charge < -0.3 is 0 Å². The van der Waals surface area contributed by atoms with Crippen molar-refractivity contribution in [1.29, 1.82) is 0 Å². The summed E-state index contributed by atoms with van der Waals surface area (Å²) in [7, 11) is 0. The van der Waals surface area contributed by atoms with Gasteiger partial charge in [0.2, 0.25) is 0 Å². The zero-order valence-electron chi connectivity index (χ0n) is 9.88. The van der Waals surface area contributed by atoms with E-state index < -0.39 is 0 Å². The molecule has 0 bridgehead atoms. The van der Waals surface area contributed by atoms with Crippen molar-refractivity contribution < 1.29 is 0 Å². The van der Waals surface area contributed by atoms with Gasteiger partial charge in [-0.25, -0.2) is 0 Å². The lowest BCUT2D eigenvalue weighted by Gasteiger charge is -2.24. The van der Waals surface area contributed by atoms with Crippen molar-refractivity contribution in [2.24, 2.45) is 10.3 Å². The Balaban J connectivity index is 1.61. The van der Waals surface area contributed by atoms with Crippen LogP contribution in [0.2, 0.25) is 0 Å². The molecule has 0 atom stereocenters. The SMILES string of the molecule is c1ccc(NN=NCCN2CCSCC2)cc1. The number of rotatable bonds is 5. The van der Waals surface area contributed by atoms with E-state index in [0.717, 1.165) is 18.8 Å². The molecule has 1 fully saturated rings. The van der Waals surface area contributed by atoms with E-state index in [9.17, 15) is 0 Å². The molecule has 92 valence electrons. The van der Waals surface area contributed by atoms with E-state index in [1.807, 2.05) is 42.1 Å². The summed E-state index contributed by atoms with van der Waals surface area (Å²) in [6.45, 7) is 4.16. The first-order chi connectivity index (χ1) is 8.45. The van der Waals surface area contributed by atoms with Crippen LogP contribution in [0.25, 0.3) is 0 Å². The Morgan fingerprint density at radius 1 is 1.18 bits per heavy atom. The second-order valence-corrected chi connectivity index (χ2v) is 5.12. The van der Waals surface area contributed by atoms with Gasteiger partial charge >= 0.3 is 0 Å². The van der Waals surface area contributed by atoms with E-state index in [1.165, 1.54) is 24.6 Å². The Morgan fingerprint density at radius 3 is 2.71 bits per heavy atom. The molecule has 0 amide bonds. The molecular weight excluding hydrogens is 232 g/mol. The maximum Gasteiger partial charge on any atom is 0.0747 e. The Labute approximate surface area is 106 Å².